The summed E-state index contributed by atoms with van der Waals surface area (Å²) in [4.78, 5) is 25.1. The molecule has 0 atom stereocenters. The van der Waals surface area contributed by atoms with E-state index in [0.717, 1.165) is 38.8 Å². The average Bonchev–Trinajstić information content (AvgIpc) is 2.67. The lowest BCUT2D eigenvalue weighted by Gasteiger charge is -2.33. The van der Waals surface area contributed by atoms with Crippen LogP contribution in [0.3, 0.4) is 0 Å². The molecule has 4 heteroatoms. The van der Waals surface area contributed by atoms with Gasteiger partial charge in [-0.15, -0.1) is 0 Å². The molecule has 1 aliphatic heterocycles. The molecule has 2 rings (SSSR count). The van der Waals surface area contributed by atoms with Crippen LogP contribution in [-0.4, -0.2) is 35.0 Å². The number of nitrogens with zero attached hydrogens (tertiary/aromatic N) is 1. The van der Waals surface area contributed by atoms with Gasteiger partial charge in [-0.1, -0.05) is 25.7 Å². The largest absolute Gasteiger partial charge is 0.481 e. The van der Waals surface area contributed by atoms with Crippen molar-refractivity contribution in [2.45, 2.75) is 57.8 Å². The molecule has 1 aliphatic carbocycles. The van der Waals surface area contributed by atoms with Crippen molar-refractivity contribution in [2.75, 3.05) is 13.1 Å². The van der Waals surface area contributed by atoms with Crippen molar-refractivity contribution in [1.82, 2.24) is 4.90 Å². The van der Waals surface area contributed by atoms with E-state index < -0.39 is 5.97 Å². The van der Waals surface area contributed by atoms with Crippen LogP contribution < -0.4 is 0 Å². The van der Waals surface area contributed by atoms with Gasteiger partial charge in [0.2, 0.25) is 5.91 Å². The fraction of sp³-hybridized carbons (Fsp3) is 0.867. The minimum atomic E-state index is -0.714. The molecule has 0 bridgehead atoms. The van der Waals surface area contributed by atoms with Crippen molar-refractivity contribution in [3.05, 3.63) is 0 Å². The Morgan fingerprint density at radius 2 is 1.53 bits per heavy atom. The van der Waals surface area contributed by atoms with E-state index in [9.17, 15) is 9.59 Å². The van der Waals surface area contributed by atoms with Gasteiger partial charge in [0.15, 0.2) is 0 Å². The third-order valence-electron chi connectivity index (χ3n) is 4.59. The second-order valence-electron chi connectivity index (χ2n) is 6.06. The molecular formula is C15H25NO3. The molecule has 1 amide bonds. The van der Waals surface area contributed by atoms with Crippen LogP contribution in [0.1, 0.15) is 57.8 Å². The van der Waals surface area contributed by atoms with E-state index in [4.69, 9.17) is 5.11 Å². The summed E-state index contributed by atoms with van der Waals surface area (Å²) >= 11 is 0. The van der Waals surface area contributed by atoms with E-state index in [1.54, 1.807) is 0 Å². The smallest absolute Gasteiger partial charge is 0.303 e. The van der Waals surface area contributed by atoms with Crippen molar-refractivity contribution in [3.8, 4) is 0 Å². The first-order valence-corrected chi connectivity index (χ1v) is 7.67. The Labute approximate surface area is 115 Å². The summed E-state index contributed by atoms with van der Waals surface area (Å²) in [5.41, 5.74) is 0. The zero-order chi connectivity index (χ0) is 13.7. The number of hydrogen-bond donors (Lipinski definition) is 1. The van der Waals surface area contributed by atoms with Gasteiger partial charge in [0, 0.05) is 25.4 Å². The van der Waals surface area contributed by atoms with Gasteiger partial charge in [0.25, 0.3) is 0 Å². The molecular weight excluding hydrogens is 242 g/mol. The maximum absolute atomic E-state index is 12.4. The number of hydrogen-bond acceptors (Lipinski definition) is 2. The first-order chi connectivity index (χ1) is 9.16. The summed E-state index contributed by atoms with van der Waals surface area (Å²) < 4.78 is 0. The summed E-state index contributed by atoms with van der Waals surface area (Å²) in [5.74, 6) is 0.110. The van der Waals surface area contributed by atoms with E-state index in [-0.39, 0.29) is 18.3 Å². The second kappa shape index (κ2) is 6.92. The predicted molar refractivity (Wildman–Crippen MR) is 72.7 cm³/mol. The highest BCUT2D eigenvalue weighted by molar-refractivity contribution is 5.79. The summed E-state index contributed by atoms with van der Waals surface area (Å²) in [6.07, 6.45) is 8.97. The van der Waals surface area contributed by atoms with Crippen molar-refractivity contribution >= 4 is 11.9 Å². The molecule has 1 saturated carbocycles. The van der Waals surface area contributed by atoms with Gasteiger partial charge in [-0.3, -0.25) is 9.59 Å². The van der Waals surface area contributed by atoms with Crippen LogP contribution in [0.25, 0.3) is 0 Å². The van der Waals surface area contributed by atoms with E-state index in [1.807, 2.05) is 4.90 Å². The van der Waals surface area contributed by atoms with Gasteiger partial charge in [0.05, 0.1) is 0 Å². The zero-order valence-electron chi connectivity index (χ0n) is 11.6. The highest BCUT2D eigenvalue weighted by Gasteiger charge is 2.29. The van der Waals surface area contributed by atoms with Crippen LogP contribution in [0.2, 0.25) is 0 Å². The summed E-state index contributed by atoms with van der Waals surface area (Å²) in [6, 6.07) is 0. The highest BCUT2D eigenvalue weighted by Crippen LogP contribution is 2.27. The first kappa shape index (κ1) is 14.4. The Hall–Kier alpha value is -1.06. The number of likely N-dealkylation sites (tertiary alicyclic amines) is 1. The van der Waals surface area contributed by atoms with Crippen molar-refractivity contribution in [2.24, 2.45) is 11.8 Å². The molecule has 2 fully saturated rings. The molecule has 1 N–H and O–H groups in total. The Morgan fingerprint density at radius 1 is 0.947 bits per heavy atom. The third-order valence-corrected chi connectivity index (χ3v) is 4.59. The fourth-order valence-corrected chi connectivity index (χ4v) is 3.39. The Morgan fingerprint density at radius 3 is 2.05 bits per heavy atom. The summed E-state index contributed by atoms with van der Waals surface area (Å²) in [6.45, 7) is 1.51. The molecule has 0 radical (unpaired) electrons. The number of aliphatic carboxylic acids is 1. The predicted octanol–water partition coefficient (Wildman–Crippen LogP) is 2.67. The molecule has 2 aliphatic rings. The molecule has 0 aromatic rings. The number of piperidine rings is 1. The number of carbonyl (C=O) groups is 2. The first-order valence-electron chi connectivity index (χ1n) is 7.67. The minimum Gasteiger partial charge on any atom is -0.481 e. The second-order valence-corrected chi connectivity index (χ2v) is 6.06. The van der Waals surface area contributed by atoms with Crippen LogP contribution >= 0.6 is 0 Å². The monoisotopic (exact) mass is 267 g/mol. The molecule has 0 aromatic carbocycles. The van der Waals surface area contributed by atoms with Crippen LogP contribution in [0.4, 0.5) is 0 Å². The zero-order valence-corrected chi connectivity index (χ0v) is 11.6. The van der Waals surface area contributed by atoms with Crippen LogP contribution in [-0.2, 0) is 9.59 Å². The Kier molecular flexibility index (Phi) is 5.23. The van der Waals surface area contributed by atoms with E-state index in [2.05, 4.69) is 0 Å². The molecule has 108 valence electrons. The highest BCUT2D eigenvalue weighted by atomic mass is 16.4. The van der Waals surface area contributed by atoms with E-state index in [0.29, 0.717) is 5.91 Å². The number of amides is 1. The summed E-state index contributed by atoms with van der Waals surface area (Å²) in [7, 11) is 0. The minimum absolute atomic E-state index is 0.235. The third kappa shape index (κ3) is 4.22. The van der Waals surface area contributed by atoms with E-state index in [1.165, 1.54) is 25.7 Å². The molecule has 0 aromatic heterocycles. The number of carboxylic acids is 1. The van der Waals surface area contributed by atoms with Gasteiger partial charge in [-0.2, -0.15) is 0 Å². The quantitative estimate of drug-likeness (QED) is 0.800. The van der Waals surface area contributed by atoms with Gasteiger partial charge in [-0.05, 0) is 31.6 Å². The molecule has 1 heterocycles. The van der Waals surface area contributed by atoms with Crippen LogP contribution in [0, 0.1) is 11.8 Å². The Bertz CT molecular complexity index is 313. The normalized spacial score (nSPS) is 23.1. The number of carbonyl (C=O) groups excluding carboxylic acids is 1. The lowest BCUT2D eigenvalue weighted by Crippen LogP contribution is -2.42. The molecule has 0 spiro atoms. The van der Waals surface area contributed by atoms with Crippen molar-refractivity contribution in [3.63, 3.8) is 0 Å². The van der Waals surface area contributed by atoms with Crippen molar-refractivity contribution in [1.29, 1.82) is 0 Å². The molecule has 0 unspecified atom stereocenters. The summed E-state index contributed by atoms with van der Waals surface area (Å²) in [5, 5.41) is 8.80. The van der Waals surface area contributed by atoms with Gasteiger partial charge < -0.3 is 10.0 Å². The number of rotatable bonds is 3. The lowest BCUT2D eigenvalue weighted by atomic mass is 9.91. The van der Waals surface area contributed by atoms with Gasteiger partial charge >= 0.3 is 5.97 Å². The van der Waals surface area contributed by atoms with Crippen LogP contribution in [0.5, 0.6) is 0 Å². The Balaban J connectivity index is 1.79. The van der Waals surface area contributed by atoms with E-state index >= 15 is 0 Å². The topological polar surface area (TPSA) is 57.6 Å². The molecule has 19 heavy (non-hydrogen) atoms. The standard InChI is InChI=1S/C15H25NO3/c17-14(18)11-12-7-9-16(10-8-12)15(19)13-5-3-1-2-4-6-13/h12-13H,1-11H2,(H,17,18). The van der Waals surface area contributed by atoms with Gasteiger partial charge in [-0.25, -0.2) is 0 Å². The van der Waals surface area contributed by atoms with Crippen molar-refractivity contribution < 1.29 is 14.7 Å². The van der Waals surface area contributed by atoms with Gasteiger partial charge in [0.1, 0.15) is 0 Å². The number of carboxylic acid groups (broad SMARTS) is 1. The lowest BCUT2D eigenvalue weighted by molar-refractivity contribution is -0.139. The van der Waals surface area contributed by atoms with Crippen LogP contribution in [0.15, 0.2) is 0 Å². The fourth-order valence-electron chi connectivity index (χ4n) is 3.39. The average molecular weight is 267 g/mol. The molecule has 1 saturated heterocycles. The SMILES string of the molecule is O=C(O)CC1CCN(C(=O)C2CCCCCC2)CC1. The molecule has 4 nitrogen and oxygen atoms in total. The maximum atomic E-state index is 12.4. The maximum Gasteiger partial charge on any atom is 0.303 e.